The number of rotatable bonds is 2. The fourth-order valence-corrected chi connectivity index (χ4v) is 1.33. The zero-order valence-electron chi connectivity index (χ0n) is 10.0. The molecule has 0 saturated heterocycles. The molecule has 90 valence electrons. The molecule has 0 heterocycles. The average molecular weight is 232 g/mol. The number of anilines is 2. The lowest BCUT2D eigenvalue weighted by Gasteiger charge is -2.04. The normalized spacial score (nSPS) is 9.29. The molecule has 0 aliphatic heterocycles. The molecular weight excluding hydrogens is 216 g/mol. The number of hydrogen-bond acceptors (Lipinski definition) is 4. The van der Waals surface area contributed by atoms with Crippen molar-refractivity contribution in [3.63, 3.8) is 0 Å². The molecule has 4 nitrogen and oxygen atoms in total. The van der Waals surface area contributed by atoms with Crippen LogP contribution in [0.4, 0.5) is 11.4 Å². The number of nitrogens with two attached hydrogens (primary N) is 2. The van der Waals surface area contributed by atoms with E-state index in [1.807, 2.05) is 13.0 Å². The number of nitrogen functional groups attached to an aromatic ring is 2. The Morgan fingerprint density at radius 3 is 2.71 bits per heavy atom. The van der Waals surface area contributed by atoms with Gasteiger partial charge in [-0.15, -0.1) is 0 Å². The molecule has 0 radical (unpaired) electrons. The molecule has 4 heteroatoms. The zero-order valence-corrected chi connectivity index (χ0v) is 10.0. The number of aryl methyl sites for hydroxylation is 1. The maximum absolute atomic E-state index is 11.1. The number of hydrogen-bond donors (Lipinski definition) is 2. The van der Waals surface area contributed by atoms with Gasteiger partial charge in [0, 0.05) is 5.56 Å². The van der Waals surface area contributed by atoms with E-state index in [0.717, 1.165) is 11.1 Å². The highest BCUT2D eigenvalue weighted by molar-refractivity contribution is 5.73. The van der Waals surface area contributed by atoms with Crippen LogP contribution in [0.3, 0.4) is 0 Å². The van der Waals surface area contributed by atoms with Gasteiger partial charge >= 0.3 is 5.97 Å². The Labute approximate surface area is 101 Å². The lowest BCUT2D eigenvalue weighted by Crippen LogP contribution is -2.01. The van der Waals surface area contributed by atoms with Crippen molar-refractivity contribution in [1.29, 1.82) is 0 Å². The molecule has 0 aromatic heterocycles. The number of esters is 1. The maximum Gasteiger partial charge on any atom is 0.317 e. The third-order valence-electron chi connectivity index (χ3n) is 2.19. The van der Waals surface area contributed by atoms with Crippen LogP contribution < -0.4 is 11.5 Å². The summed E-state index contributed by atoms with van der Waals surface area (Å²) in [6, 6.07) is 3.53. The van der Waals surface area contributed by atoms with Gasteiger partial charge in [0.05, 0.1) is 18.0 Å². The first kappa shape index (κ1) is 12.9. The number of ether oxygens (including phenoxy) is 1. The smallest absolute Gasteiger partial charge is 0.317 e. The van der Waals surface area contributed by atoms with E-state index >= 15 is 0 Å². The second-order valence-corrected chi connectivity index (χ2v) is 3.58. The Kier molecular flexibility index (Phi) is 4.41. The van der Waals surface area contributed by atoms with Crippen LogP contribution in [0.2, 0.25) is 0 Å². The van der Waals surface area contributed by atoms with Crippen LogP contribution in [0.5, 0.6) is 0 Å². The molecule has 1 aromatic carbocycles. The van der Waals surface area contributed by atoms with E-state index < -0.39 is 0 Å². The minimum absolute atomic E-state index is 0.0805. The van der Waals surface area contributed by atoms with Crippen LogP contribution in [-0.2, 0) is 9.53 Å². The van der Waals surface area contributed by atoms with Crippen LogP contribution in [0, 0.1) is 18.8 Å². The summed E-state index contributed by atoms with van der Waals surface area (Å²) >= 11 is 0. The Balaban J connectivity index is 2.76. The van der Waals surface area contributed by atoms with E-state index in [4.69, 9.17) is 16.2 Å². The van der Waals surface area contributed by atoms with Crippen LogP contribution in [0.15, 0.2) is 12.1 Å². The first-order chi connectivity index (χ1) is 8.04. The van der Waals surface area contributed by atoms with E-state index in [2.05, 4.69) is 11.8 Å². The van der Waals surface area contributed by atoms with Crippen molar-refractivity contribution < 1.29 is 9.53 Å². The number of carbonyl (C=O) groups is 1. The van der Waals surface area contributed by atoms with Crippen LogP contribution >= 0.6 is 0 Å². The fraction of sp³-hybridized carbons (Fsp3) is 0.308. The van der Waals surface area contributed by atoms with Gasteiger partial charge in [-0.3, -0.25) is 4.79 Å². The standard InChI is InChI=1S/C13H16N2O2/c1-3-17-12(16)6-4-5-10-7-9(2)13(15)11(14)8-10/h7-8H,3,6,14-15H2,1-2H3. The fourth-order valence-electron chi connectivity index (χ4n) is 1.33. The Hall–Kier alpha value is -2.15. The largest absolute Gasteiger partial charge is 0.465 e. The molecule has 1 rings (SSSR count). The van der Waals surface area contributed by atoms with E-state index in [0.29, 0.717) is 18.0 Å². The molecule has 0 spiro atoms. The molecule has 0 amide bonds. The van der Waals surface area contributed by atoms with Gasteiger partial charge in [-0.05, 0) is 31.5 Å². The van der Waals surface area contributed by atoms with Crippen molar-refractivity contribution in [2.24, 2.45) is 0 Å². The summed E-state index contributed by atoms with van der Waals surface area (Å²) in [5.74, 6) is 5.28. The third kappa shape index (κ3) is 3.72. The molecule has 1 aromatic rings. The number of carbonyl (C=O) groups excluding carboxylic acids is 1. The summed E-state index contributed by atoms with van der Waals surface area (Å²) in [5.41, 5.74) is 14.1. The van der Waals surface area contributed by atoms with E-state index in [9.17, 15) is 4.79 Å². The highest BCUT2D eigenvalue weighted by Crippen LogP contribution is 2.20. The first-order valence-corrected chi connectivity index (χ1v) is 5.34. The SMILES string of the molecule is CCOC(=O)CC#Cc1cc(C)c(N)c(N)c1. The van der Waals surface area contributed by atoms with Crippen molar-refractivity contribution in [3.05, 3.63) is 23.3 Å². The monoisotopic (exact) mass is 232 g/mol. The minimum Gasteiger partial charge on any atom is -0.465 e. The highest BCUT2D eigenvalue weighted by Gasteiger charge is 2.00. The minimum atomic E-state index is -0.319. The Morgan fingerprint density at radius 1 is 1.41 bits per heavy atom. The summed E-state index contributed by atoms with van der Waals surface area (Å²) in [7, 11) is 0. The van der Waals surface area contributed by atoms with Gasteiger partial charge in [0.25, 0.3) is 0 Å². The van der Waals surface area contributed by atoms with Gasteiger partial charge in [-0.2, -0.15) is 0 Å². The lowest BCUT2D eigenvalue weighted by atomic mass is 10.1. The van der Waals surface area contributed by atoms with Crippen molar-refractivity contribution in [1.82, 2.24) is 0 Å². The molecule has 0 saturated carbocycles. The summed E-state index contributed by atoms with van der Waals surface area (Å²) in [4.78, 5) is 11.1. The quantitative estimate of drug-likeness (QED) is 0.459. The van der Waals surface area contributed by atoms with Crippen LogP contribution in [0.1, 0.15) is 24.5 Å². The second-order valence-electron chi connectivity index (χ2n) is 3.58. The van der Waals surface area contributed by atoms with Gasteiger partial charge in [-0.1, -0.05) is 11.8 Å². The van der Waals surface area contributed by atoms with Crippen LogP contribution in [0.25, 0.3) is 0 Å². The average Bonchev–Trinajstić information content (AvgIpc) is 2.26. The molecule has 0 aliphatic carbocycles. The molecule has 4 N–H and O–H groups in total. The van der Waals surface area contributed by atoms with Crippen LogP contribution in [-0.4, -0.2) is 12.6 Å². The van der Waals surface area contributed by atoms with Crippen molar-refractivity contribution in [2.75, 3.05) is 18.1 Å². The first-order valence-electron chi connectivity index (χ1n) is 5.34. The van der Waals surface area contributed by atoms with Gasteiger partial charge in [0.2, 0.25) is 0 Å². The topological polar surface area (TPSA) is 78.3 Å². The van der Waals surface area contributed by atoms with Crippen molar-refractivity contribution >= 4 is 17.3 Å². The summed E-state index contributed by atoms with van der Waals surface area (Å²) in [6.45, 7) is 3.99. The molecule has 0 atom stereocenters. The van der Waals surface area contributed by atoms with Crippen molar-refractivity contribution in [2.45, 2.75) is 20.3 Å². The van der Waals surface area contributed by atoms with E-state index in [1.54, 1.807) is 13.0 Å². The summed E-state index contributed by atoms with van der Waals surface area (Å²) in [6.07, 6.45) is 0.0805. The lowest BCUT2D eigenvalue weighted by molar-refractivity contribution is -0.141. The Morgan fingerprint density at radius 2 is 2.12 bits per heavy atom. The second kappa shape index (κ2) is 5.80. The summed E-state index contributed by atoms with van der Waals surface area (Å²) in [5, 5.41) is 0. The molecule has 0 unspecified atom stereocenters. The van der Waals surface area contributed by atoms with Gasteiger partial charge in [0.15, 0.2) is 0 Å². The van der Waals surface area contributed by atoms with Gasteiger partial charge in [-0.25, -0.2) is 0 Å². The molecule has 0 fully saturated rings. The van der Waals surface area contributed by atoms with Crippen molar-refractivity contribution in [3.8, 4) is 11.8 Å². The maximum atomic E-state index is 11.1. The van der Waals surface area contributed by atoms with Gasteiger partial charge in [0.1, 0.15) is 6.42 Å². The molecule has 0 aliphatic rings. The molecule has 0 bridgehead atoms. The number of benzene rings is 1. The Bertz CT molecular complexity index is 461. The van der Waals surface area contributed by atoms with Gasteiger partial charge < -0.3 is 16.2 Å². The zero-order chi connectivity index (χ0) is 12.8. The van der Waals surface area contributed by atoms with E-state index in [1.165, 1.54) is 0 Å². The third-order valence-corrected chi connectivity index (χ3v) is 2.19. The van der Waals surface area contributed by atoms with E-state index in [-0.39, 0.29) is 12.4 Å². The highest BCUT2D eigenvalue weighted by atomic mass is 16.5. The predicted molar refractivity (Wildman–Crippen MR) is 68.1 cm³/mol. The summed E-state index contributed by atoms with van der Waals surface area (Å²) < 4.78 is 4.76. The molecular formula is C13H16N2O2. The predicted octanol–water partition coefficient (Wildman–Crippen LogP) is 1.46. The molecule has 17 heavy (non-hydrogen) atoms.